The van der Waals surface area contributed by atoms with E-state index < -0.39 is 0 Å². The molecular formula is C20H32ClN3. The lowest BCUT2D eigenvalue weighted by Crippen LogP contribution is -2.24. The van der Waals surface area contributed by atoms with Gasteiger partial charge in [-0.3, -0.25) is 0 Å². The summed E-state index contributed by atoms with van der Waals surface area (Å²) in [6, 6.07) is 0. The summed E-state index contributed by atoms with van der Waals surface area (Å²) in [4.78, 5) is 0. The summed E-state index contributed by atoms with van der Waals surface area (Å²) in [5, 5.41) is 9.22. The lowest BCUT2D eigenvalue weighted by atomic mass is 9.85. The van der Waals surface area contributed by atoms with E-state index in [-0.39, 0.29) is 5.41 Å². The minimum absolute atomic E-state index is 0.145. The molecule has 2 aliphatic rings. The minimum Gasteiger partial charge on any atom is -0.314 e. The van der Waals surface area contributed by atoms with E-state index in [9.17, 15) is 0 Å². The lowest BCUT2D eigenvalue weighted by molar-refractivity contribution is 0.438. The Balaban J connectivity index is 0.00000100. The van der Waals surface area contributed by atoms with Crippen LogP contribution in [-0.2, 0) is 12.0 Å². The Labute approximate surface area is 152 Å². The maximum Gasteiger partial charge on any atom is 0.139 e. The van der Waals surface area contributed by atoms with Crippen molar-refractivity contribution in [2.24, 2.45) is 5.92 Å². The average molecular weight is 350 g/mol. The minimum atomic E-state index is 0.145. The fraction of sp³-hybridized carbons (Fsp3) is 0.700. The van der Waals surface area contributed by atoms with Gasteiger partial charge in [-0.25, -0.2) is 0 Å². The molecule has 1 heterocycles. The lowest BCUT2D eigenvalue weighted by Gasteiger charge is -2.23. The van der Waals surface area contributed by atoms with Crippen molar-refractivity contribution in [1.82, 2.24) is 14.8 Å². The standard InChI is InChI=1S/C18H26ClN3.C2H6/c1-3-5-13-22-16(14-8-9-14)20-21-17(22)18(10-11-18)15(4-2)7-6-12-19;1-2/h4,6,12,14-15H,2-3,5,7-11,13H2,1H3;1-2H3/b12-6+;. The summed E-state index contributed by atoms with van der Waals surface area (Å²) >= 11 is 5.72. The molecule has 1 aromatic heterocycles. The molecule has 3 nitrogen and oxygen atoms in total. The molecule has 2 fully saturated rings. The van der Waals surface area contributed by atoms with Crippen LogP contribution in [0.25, 0.3) is 0 Å². The van der Waals surface area contributed by atoms with Crippen LogP contribution in [-0.4, -0.2) is 14.8 Å². The van der Waals surface area contributed by atoms with Crippen molar-refractivity contribution in [3.05, 3.63) is 35.9 Å². The van der Waals surface area contributed by atoms with Crippen LogP contribution in [0.2, 0.25) is 0 Å². The molecule has 1 unspecified atom stereocenters. The van der Waals surface area contributed by atoms with Gasteiger partial charge in [0.05, 0.1) is 0 Å². The third-order valence-corrected chi connectivity index (χ3v) is 5.34. The molecular weight excluding hydrogens is 318 g/mol. The van der Waals surface area contributed by atoms with Crippen molar-refractivity contribution in [2.75, 3.05) is 0 Å². The zero-order valence-electron chi connectivity index (χ0n) is 15.5. The first-order chi connectivity index (χ1) is 11.8. The Morgan fingerprint density at radius 1 is 1.33 bits per heavy atom. The molecule has 0 amide bonds. The Hall–Kier alpha value is -1.09. The fourth-order valence-corrected chi connectivity index (χ4v) is 3.61. The first-order valence-corrected chi connectivity index (χ1v) is 10.0. The topological polar surface area (TPSA) is 30.7 Å². The summed E-state index contributed by atoms with van der Waals surface area (Å²) in [6.07, 6.45) is 12.4. The van der Waals surface area contributed by atoms with Crippen molar-refractivity contribution >= 4 is 11.6 Å². The predicted molar refractivity (Wildman–Crippen MR) is 102 cm³/mol. The molecule has 2 aliphatic carbocycles. The number of nitrogens with zero attached hydrogens (tertiary/aromatic N) is 3. The van der Waals surface area contributed by atoms with Crippen molar-refractivity contribution in [1.29, 1.82) is 0 Å². The van der Waals surface area contributed by atoms with Crippen LogP contribution in [0.1, 0.15) is 83.3 Å². The molecule has 0 aliphatic heterocycles. The SMILES string of the molecule is C=CC(C/C=C/Cl)C1(c2nnc(C3CC3)n2CCCC)CC1.CC. The normalized spacial score (nSPS) is 19.7. The molecule has 3 rings (SSSR count). The van der Waals surface area contributed by atoms with Crippen LogP contribution < -0.4 is 0 Å². The number of hydrogen-bond donors (Lipinski definition) is 0. The molecule has 1 atom stereocenters. The summed E-state index contributed by atoms with van der Waals surface area (Å²) < 4.78 is 2.44. The molecule has 0 radical (unpaired) electrons. The Kier molecular flexibility index (Phi) is 7.09. The summed E-state index contributed by atoms with van der Waals surface area (Å²) in [6.45, 7) is 11.4. The third kappa shape index (κ3) is 3.93. The van der Waals surface area contributed by atoms with E-state index in [1.165, 1.54) is 50.2 Å². The van der Waals surface area contributed by atoms with Gasteiger partial charge in [-0.15, -0.1) is 16.8 Å². The van der Waals surface area contributed by atoms with Crippen LogP contribution in [0.3, 0.4) is 0 Å². The molecule has 0 aromatic carbocycles. The van der Waals surface area contributed by atoms with Gasteiger partial charge in [0.15, 0.2) is 0 Å². The number of allylic oxidation sites excluding steroid dienone is 2. The first kappa shape index (κ1) is 19.2. The Morgan fingerprint density at radius 3 is 2.54 bits per heavy atom. The largest absolute Gasteiger partial charge is 0.314 e. The zero-order valence-corrected chi connectivity index (χ0v) is 16.2. The summed E-state index contributed by atoms with van der Waals surface area (Å²) in [7, 11) is 0. The average Bonchev–Trinajstić information content (AvgIpc) is 3.55. The van der Waals surface area contributed by atoms with Crippen molar-refractivity contribution in [3.8, 4) is 0 Å². The highest BCUT2D eigenvalue weighted by Crippen LogP contribution is 2.55. The molecule has 1 aromatic rings. The number of hydrogen-bond acceptors (Lipinski definition) is 2. The van der Waals surface area contributed by atoms with Crippen LogP contribution in [0.4, 0.5) is 0 Å². The van der Waals surface area contributed by atoms with Crippen molar-refractivity contribution in [3.63, 3.8) is 0 Å². The Bertz CT molecular complexity index is 553. The number of unbranched alkanes of at least 4 members (excludes halogenated alkanes) is 1. The van der Waals surface area contributed by atoms with Gasteiger partial charge in [-0.1, -0.05) is 50.9 Å². The van der Waals surface area contributed by atoms with Crippen LogP contribution in [0.15, 0.2) is 24.3 Å². The quantitative estimate of drug-likeness (QED) is 0.515. The second-order valence-electron chi connectivity index (χ2n) is 6.76. The molecule has 24 heavy (non-hydrogen) atoms. The van der Waals surface area contributed by atoms with Gasteiger partial charge >= 0.3 is 0 Å². The molecule has 0 N–H and O–H groups in total. The molecule has 0 saturated heterocycles. The highest BCUT2D eigenvalue weighted by Gasteiger charge is 2.53. The van der Waals surface area contributed by atoms with E-state index in [1.54, 1.807) is 5.54 Å². The maximum absolute atomic E-state index is 5.72. The smallest absolute Gasteiger partial charge is 0.139 e. The van der Waals surface area contributed by atoms with E-state index >= 15 is 0 Å². The van der Waals surface area contributed by atoms with Gasteiger partial charge in [0.25, 0.3) is 0 Å². The van der Waals surface area contributed by atoms with Gasteiger partial charge in [0.1, 0.15) is 11.6 Å². The molecule has 0 bridgehead atoms. The summed E-state index contributed by atoms with van der Waals surface area (Å²) in [5.74, 6) is 3.49. The molecule has 134 valence electrons. The van der Waals surface area contributed by atoms with Crippen LogP contribution >= 0.6 is 11.6 Å². The zero-order chi connectivity index (χ0) is 17.6. The third-order valence-electron chi connectivity index (χ3n) is 5.16. The van der Waals surface area contributed by atoms with Crippen molar-refractivity contribution < 1.29 is 0 Å². The predicted octanol–water partition coefficient (Wildman–Crippen LogP) is 5.96. The maximum atomic E-state index is 5.72. The number of halogens is 1. The molecule has 0 spiro atoms. The molecule has 2 saturated carbocycles. The molecule has 4 heteroatoms. The Morgan fingerprint density at radius 2 is 2.04 bits per heavy atom. The van der Waals surface area contributed by atoms with E-state index in [1.807, 2.05) is 19.9 Å². The van der Waals surface area contributed by atoms with Gasteiger partial charge in [-0.2, -0.15) is 0 Å². The van der Waals surface area contributed by atoms with E-state index in [4.69, 9.17) is 11.6 Å². The van der Waals surface area contributed by atoms with Crippen LogP contribution in [0, 0.1) is 5.92 Å². The highest BCUT2D eigenvalue weighted by molar-refractivity contribution is 6.25. The summed E-state index contributed by atoms with van der Waals surface area (Å²) in [5.41, 5.74) is 1.76. The number of aromatic nitrogens is 3. The second kappa shape index (κ2) is 8.84. The first-order valence-electron chi connectivity index (χ1n) is 9.58. The fourth-order valence-electron chi connectivity index (χ4n) is 3.50. The van der Waals surface area contributed by atoms with Crippen LogP contribution in [0.5, 0.6) is 0 Å². The van der Waals surface area contributed by atoms with E-state index in [0.29, 0.717) is 11.8 Å². The van der Waals surface area contributed by atoms with Gasteiger partial charge in [-0.05, 0) is 44.4 Å². The van der Waals surface area contributed by atoms with Gasteiger partial charge < -0.3 is 4.57 Å². The van der Waals surface area contributed by atoms with E-state index in [2.05, 4.69) is 34.3 Å². The second-order valence-corrected chi connectivity index (χ2v) is 7.01. The van der Waals surface area contributed by atoms with E-state index in [0.717, 1.165) is 13.0 Å². The monoisotopic (exact) mass is 349 g/mol. The van der Waals surface area contributed by atoms with Gasteiger partial charge in [0, 0.05) is 23.4 Å². The highest BCUT2D eigenvalue weighted by atomic mass is 35.5. The van der Waals surface area contributed by atoms with Gasteiger partial charge in [0.2, 0.25) is 0 Å². The number of rotatable bonds is 9. The van der Waals surface area contributed by atoms with Crippen molar-refractivity contribution in [2.45, 2.75) is 83.6 Å².